The van der Waals surface area contributed by atoms with E-state index in [0.29, 0.717) is 0 Å². The first kappa shape index (κ1) is 11.2. The molecule has 0 aliphatic heterocycles. The topological polar surface area (TPSA) is 33.1 Å². The Morgan fingerprint density at radius 2 is 2.24 bits per heavy atom. The molecule has 4 unspecified atom stereocenters. The summed E-state index contributed by atoms with van der Waals surface area (Å²) in [6, 6.07) is 5.92. The Labute approximate surface area is 103 Å². The molecule has 2 heteroatoms. The Hall–Kier alpha value is -0.890. The van der Waals surface area contributed by atoms with Crippen LogP contribution in [-0.4, -0.2) is 10.1 Å². The Kier molecular flexibility index (Phi) is 2.91. The van der Waals surface area contributed by atoms with Gasteiger partial charge in [0, 0.05) is 5.69 Å². The number of nitrogens with zero attached hydrogens (tertiary/aromatic N) is 1. The van der Waals surface area contributed by atoms with Crippen LogP contribution >= 0.6 is 0 Å². The summed E-state index contributed by atoms with van der Waals surface area (Å²) < 4.78 is 0. The first-order valence-electron chi connectivity index (χ1n) is 6.84. The van der Waals surface area contributed by atoms with E-state index in [2.05, 4.69) is 4.98 Å². The van der Waals surface area contributed by atoms with Gasteiger partial charge in [0.2, 0.25) is 0 Å². The van der Waals surface area contributed by atoms with Crippen molar-refractivity contribution < 1.29 is 5.11 Å². The third-order valence-electron chi connectivity index (χ3n) is 4.66. The van der Waals surface area contributed by atoms with Gasteiger partial charge in [-0.2, -0.15) is 0 Å². The second-order valence-electron chi connectivity index (χ2n) is 5.89. The van der Waals surface area contributed by atoms with Crippen LogP contribution in [0, 0.1) is 24.7 Å². The molecule has 92 valence electrons. The summed E-state index contributed by atoms with van der Waals surface area (Å²) in [5.74, 6) is 2.59. The zero-order valence-corrected chi connectivity index (χ0v) is 10.5. The van der Waals surface area contributed by atoms with Crippen molar-refractivity contribution in [2.75, 3.05) is 0 Å². The van der Waals surface area contributed by atoms with Crippen LogP contribution in [0.2, 0.25) is 0 Å². The van der Waals surface area contributed by atoms with E-state index < -0.39 is 0 Å². The lowest BCUT2D eigenvalue weighted by atomic mass is 9.84. The molecule has 1 heterocycles. The van der Waals surface area contributed by atoms with Crippen molar-refractivity contribution >= 4 is 0 Å². The van der Waals surface area contributed by atoms with Gasteiger partial charge >= 0.3 is 0 Å². The van der Waals surface area contributed by atoms with Crippen LogP contribution in [0.4, 0.5) is 0 Å². The number of aromatic nitrogens is 1. The van der Waals surface area contributed by atoms with Gasteiger partial charge in [-0.25, -0.2) is 0 Å². The molecule has 2 nitrogen and oxygen atoms in total. The number of fused-ring (bicyclic) bond motifs is 2. The summed E-state index contributed by atoms with van der Waals surface area (Å²) in [6.07, 6.45) is 6.13. The van der Waals surface area contributed by atoms with Crippen LogP contribution in [0.15, 0.2) is 18.2 Å². The SMILES string of the molecule is Cc1cccc(C(O)CC2CC3CCC2C3)n1. The van der Waals surface area contributed by atoms with E-state index in [-0.39, 0.29) is 6.10 Å². The van der Waals surface area contributed by atoms with Gasteiger partial charge in [-0.15, -0.1) is 0 Å². The number of aliphatic hydroxyl groups excluding tert-OH is 1. The fourth-order valence-electron chi connectivity index (χ4n) is 3.82. The van der Waals surface area contributed by atoms with Crippen molar-refractivity contribution in [3.05, 3.63) is 29.6 Å². The molecule has 17 heavy (non-hydrogen) atoms. The summed E-state index contributed by atoms with van der Waals surface area (Å²) >= 11 is 0. The normalized spacial score (nSPS) is 32.9. The quantitative estimate of drug-likeness (QED) is 0.866. The summed E-state index contributed by atoms with van der Waals surface area (Å²) in [6.45, 7) is 1.98. The van der Waals surface area contributed by atoms with Gasteiger partial charge in [-0.1, -0.05) is 12.5 Å². The lowest BCUT2D eigenvalue weighted by molar-refractivity contribution is 0.121. The minimum atomic E-state index is -0.362. The highest BCUT2D eigenvalue weighted by atomic mass is 16.3. The van der Waals surface area contributed by atoms with E-state index in [1.54, 1.807) is 0 Å². The van der Waals surface area contributed by atoms with Crippen molar-refractivity contribution in [3.8, 4) is 0 Å². The van der Waals surface area contributed by atoms with Crippen molar-refractivity contribution in [3.63, 3.8) is 0 Å². The average Bonchev–Trinajstić information content (AvgIpc) is 2.91. The average molecular weight is 231 g/mol. The van der Waals surface area contributed by atoms with Gasteiger partial charge < -0.3 is 5.11 Å². The molecule has 3 rings (SSSR count). The lowest BCUT2D eigenvalue weighted by Crippen LogP contribution is -2.15. The molecule has 2 saturated carbocycles. The van der Waals surface area contributed by atoms with Crippen LogP contribution in [-0.2, 0) is 0 Å². The van der Waals surface area contributed by atoms with Crippen LogP contribution in [0.3, 0.4) is 0 Å². The smallest absolute Gasteiger partial charge is 0.0962 e. The van der Waals surface area contributed by atoms with E-state index in [4.69, 9.17) is 0 Å². The van der Waals surface area contributed by atoms with Crippen LogP contribution in [0.25, 0.3) is 0 Å². The molecule has 2 bridgehead atoms. The molecule has 4 atom stereocenters. The summed E-state index contributed by atoms with van der Waals surface area (Å²) in [4.78, 5) is 4.43. The second kappa shape index (κ2) is 4.41. The first-order chi connectivity index (χ1) is 8.22. The number of aliphatic hydroxyl groups is 1. The molecule has 2 aliphatic rings. The molecule has 0 radical (unpaired) electrons. The zero-order chi connectivity index (χ0) is 11.8. The standard InChI is InChI=1S/C15H21NO/c1-10-3-2-4-14(16-10)15(17)9-13-8-11-5-6-12(13)7-11/h2-4,11-13,15,17H,5-9H2,1H3. The van der Waals surface area contributed by atoms with Gasteiger partial charge in [0.15, 0.2) is 0 Å². The second-order valence-corrected chi connectivity index (χ2v) is 5.89. The van der Waals surface area contributed by atoms with E-state index in [9.17, 15) is 5.11 Å². The van der Waals surface area contributed by atoms with Crippen LogP contribution in [0.1, 0.15) is 49.6 Å². The van der Waals surface area contributed by atoms with E-state index >= 15 is 0 Å². The molecule has 0 saturated heterocycles. The molecular weight excluding hydrogens is 210 g/mol. The fraction of sp³-hybridized carbons (Fsp3) is 0.667. The predicted octanol–water partition coefficient (Wildman–Crippen LogP) is 3.25. The summed E-state index contributed by atoms with van der Waals surface area (Å²) in [5.41, 5.74) is 1.85. The summed E-state index contributed by atoms with van der Waals surface area (Å²) in [7, 11) is 0. The number of rotatable bonds is 3. The minimum Gasteiger partial charge on any atom is -0.387 e. The molecule has 0 spiro atoms. The number of pyridine rings is 1. The van der Waals surface area contributed by atoms with Crippen molar-refractivity contribution in [1.29, 1.82) is 0 Å². The van der Waals surface area contributed by atoms with Gasteiger partial charge in [0.1, 0.15) is 0 Å². The van der Waals surface area contributed by atoms with E-state index in [1.165, 1.54) is 25.7 Å². The molecule has 2 aliphatic carbocycles. The fourth-order valence-corrected chi connectivity index (χ4v) is 3.82. The number of aryl methyl sites for hydroxylation is 1. The third kappa shape index (κ3) is 2.23. The Morgan fingerprint density at radius 3 is 2.88 bits per heavy atom. The van der Waals surface area contributed by atoms with Gasteiger partial charge in [0.05, 0.1) is 11.8 Å². The Bertz CT molecular complexity index is 404. The minimum absolute atomic E-state index is 0.362. The lowest BCUT2D eigenvalue weighted by Gasteiger charge is -2.24. The van der Waals surface area contributed by atoms with E-state index in [1.807, 2.05) is 25.1 Å². The van der Waals surface area contributed by atoms with Crippen molar-refractivity contribution in [2.45, 2.75) is 45.1 Å². The summed E-state index contributed by atoms with van der Waals surface area (Å²) in [5, 5.41) is 10.3. The highest BCUT2D eigenvalue weighted by molar-refractivity contribution is 5.12. The number of hydrogen-bond acceptors (Lipinski definition) is 2. The van der Waals surface area contributed by atoms with Crippen LogP contribution in [0.5, 0.6) is 0 Å². The molecule has 1 aromatic heterocycles. The maximum absolute atomic E-state index is 10.3. The maximum Gasteiger partial charge on any atom is 0.0962 e. The van der Waals surface area contributed by atoms with Crippen molar-refractivity contribution in [2.24, 2.45) is 17.8 Å². The van der Waals surface area contributed by atoms with Crippen molar-refractivity contribution in [1.82, 2.24) is 4.98 Å². The molecule has 1 N–H and O–H groups in total. The van der Waals surface area contributed by atoms with Gasteiger partial charge in [-0.3, -0.25) is 4.98 Å². The Balaban J connectivity index is 1.65. The largest absolute Gasteiger partial charge is 0.387 e. The maximum atomic E-state index is 10.3. The predicted molar refractivity (Wildman–Crippen MR) is 67.5 cm³/mol. The molecule has 0 amide bonds. The molecule has 2 fully saturated rings. The zero-order valence-electron chi connectivity index (χ0n) is 10.5. The highest BCUT2D eigenvalue weighted by Gasteiger charge is 2.40. The molecular formula is C15H21NO. The van der Waals surface area contributed by atoms with Gasteiger partial charge in [-0.05, 0) is 62.5 Å². The first-order valence-corrected chi connectivity index (χ1v) is 6.84. The third-order valence-corrected chi connectivity index (χ3v) is 4.66. The highest BCUT2D eigenvalue weighted by Crippen LogP contribution is 2.50. The molecule has 0 aromatic carbocycles. The van der Waals surface area contributed by atoms with E-state index in [0.717, 1.165) is 35.6 Å². The van der Waals surface area contributed by atoms with Crippen LogP contribution < -0.4 is 0 Å². The number of hydrogen-bond donors (Lipinski definition) is 1. The Morgan fingerprint density at radius 1 is 1.35 bits per heavy atom. The van der Waals surface area contributed by atoms with Gasteiger partial charge in [0.25, 0.3) is 0 Å². The monoisotopic (exact) mass is 231 g/mol. The molecule has 1 aromatic rings.